The summed E-state index contributed by atoms with van der Waals surface area (Å²) in [6.07, 6.45) is 4.38. The van der Waals surface area contributed by atoms with Gasteiger partial charge in [0.1, 0.15) is 18.1 Å². The number of nitrogens with zero attached hydrogens (tertiary/aromatic N) is 1. The SMILES string of the molecule is NCCCCC(NC(=O)C(CS)NC(=O)C(Cc1cnc[nH]1)NC(=O)CN)C(=O)O. The Morgan fingerprint density at radius 2 is 1.73 bits per heavy atom. The molecule has 0 saturated carbocycles. The summed E-state index contributed by atoms with van der Waals surface area (Å²) in [5.41, 5.74) is 11.3. The summed E-state index contributed by atoms with van der Waals surface area (Å²) in [7, 11) is 0. The highest BCUT2D eigenvalue weighted by atomic mass is 32.1. The average Bonchev–Trinajstić information content (AvgIpc) is 3.23. The van der Waals surface area contributed by atoms with Crippen LogP contribution in [0, 0.1) is 0 Å². The van der Waals surface area contributed by atoms with E-state index >= 15 is 0 Å². The predicted molar refractivity (Wildman–Crippen MR) is 112 cm³/mol. The van der Waals surface area contributed by atoms with E-state index in [0.29, 0.717) is 25.1 Å². The fourth-order valence-electron chi connectivity index (χ4n) is 2.57. The summed E-state index contributed by atoms with van der Waals surface area (Å²) >= 11 is 4.07. The number of imidazole rings is 1. The highest BCUT2D eigenvalue weighted by Gasteiger charge is 2.29. The second-order valence-electron chi connectivity index (χ2n) is 6.53. The summed E-state index contributed by atoms with van der Waals surface area (Å²) in [6, 6.07) is -3.23. The summed E-state index contributed by atoms with van der Waals surface area (Å²) in [5.74, 6) is -3.14. The summed E-state index contributed by atoms with van der Waals surface area (Å²) in [4.78, 5) is 54.9. The number of carbonyl (C=O) groups is 4. The highest BCUT2D eigenvalue weighted by molar-refractivity contribution is 7.80. The lowest BCUT2D eigenvalue weighted by Gasteiger charge is -2.23. The molecule has 1 aromatic rings. The molecule has 1 aromatic heterocycles. The summed E-state index contributed by atoms with van der Waals surface area (Å²) in [5, 5.41) is 16.7. The second kappa shape index (κ2) is 13.6. The standard InChI is InChI=1S/C17H29N7O5S/c18-4-2-1-3-11(17(28)29)23-16(27)13(8-30)24-15(26)12(22-14(25)6-19)5-10-7-20-9-21-10/h7,9,11-13,30H,1-6,8,18-19H2,(H,20,21)(H,22,25)(H,23,27)(H,24,26)(H,28,29). The lowest BCUT2D eigenvalue weighted by molar-refractivity contribution is -0.142. The number of rotatable bonds is 14. The van der Waals surface area contributed by atoms with Gasteiger partial charge in [-0.05, 0) is 25.8 Å². The molecule has 1 rings (SSSR count). The van der Waals surface area contributed by atoms with Crippen LogP contribution in [0.15, 0.2) is 12.5 Å². The van der Waals surface area contributed by atoms with Crippen LogP contribution >= 0.6 is 12.6 Å². The number of carboxylic acid groups (broad SMARTS) is 1. The Labute approximate surface area is 179 Å². The van der Waals surface area contributed by atoms with Crippen LogP contribution in [0.2, 0.25) is 0 Å². The van der Waals surface area contributed by atoms with Crippen molar-refractivity contribution in [2.45, 2.75) is 43.8 Å². The van der Waals surface area contributed by atoms with E-state index in [9.17, 15) is 24.3 Å². The molecule has 0 aromatic carbocycles. The Balaban J connectivity index is 2.78. The molecule has 30 heavy (non-hydrogen) atoms. The van der Waals surface area contributed by atoms with Crippen LogP contribution in [0.1, 0.15) is 25.0 Å². The fourth-order valence-corrected chi connectivity index (χ4v) is 2.82. The Morgan fingerprint density at radius 1 is 1.07 bits per heavy atom. The van der Waals surface area contributed by atoms with E-state index in [1.165, 1.54) is 12.5 Å². The van der Waals surface area contributed by atoms with Gasteiger partial charge in [0.05, 0.1) is 12.9 Å². The van der Waals surface area contributed by atoms with Crippen LogP contribution in [0.25, 0.3) is 0 Å². The van der Waals surface area contributed by atoms with Crippen molar-refractivity contribution < 1.29 is 24.3 Å². The van der Waals surface area contributed by atoms with Gasteiger partial charge in [0, 0.05) is 24.1 Å². The molecule has 0 bridgehead atoms. The van der Waals surface area contributed by atoms with Crippen molar-refractivity contribution in [2.24, 2.45) is 11.5 Å². The molecular weight excluding hydrogens is 414 g/mol. The van der Waals surface area contributed by atoms with E-state index in [1.807, 2.05) is 0 Å². The van der Waals surface area contributed by atoms with E-state index < -0.39 is 41.8 Å². The molecule has 12 nitrogen and oxygen atoms in total. The zero-order valence-corrected chi connectivity index (χ0v) is 17.4. The molecular formula is C17H29N7O5S. The summed E-state index contributed by atoms with van der Waals surface area (Å²) in [6.45, 7) is 0.105. The van der Waals surface area contributed by atoms with Crippen molar-refractivity contribution in [1.29, 1.82) is 0 Å². The zero-order valence-electron chi connectivity index (χ0n) is 16.5. The number of hydrogen-bond acceptors (Lipinski definition) is 8. The van der Waals surface area contributed by atoms with Crippen molar-refractivity contribution in [2.75, 3.05) is 18.8 Å². The molecule has 0 aliphatic heterocycles. The Bertz CT molecular complexity index is 701. The number of hydrogen-bond donors (Lipinski definition) is 8. The molecule has 0 aliphatic rings. The van der Waals surface area contributed by atoms with Gasteiger partial charge in [-0.1, -0.05) is 0 Å². The molecule has 0 fully saturated rings. The largest absolute Gasteiger partial charge is 0.480 e. The van der Waals surface area contributed by atoms with Gasteiger partial charge < -0.3 is 37.5 Å². The van der Waals surface area contributed by atoms with Crippen molar-refractivity contribution in [3.8, 4) is 0 Å². The lowest BCUT2D eigenvalue weighted by Crippen LogP contribution is -2.57. The number of aliphatic carboxylic acids is 1. The number of nitrogens with one attached hydrogen (secondary N) is 4. The zero-order chi connectivity index (χ0) is 22.5. The van der Waals surface area contributed by atoms with Gasteiger partial charge in [-0.2, -0.15) is 12.6 Å². The number of H-pyrrole nitrogens is 1. The topological polar surface area (TPSA) is 205 Å². The maximum atomic E-state index is 12.7. The maximum absolute atomic E-state index is 12.7. The first-order valence-corrected chi connectivity index (χ1v) is 10.1. The fraction of sp³-hybridized carbons (Fsp3) is 0.588. The van der Waals surface area contributed by atoms with Crippen LogP contribution in [0.4, 0.5) is 0 Å². The van der Waals surface area contributed by atoms with Crippen molar-refractivity contribution in [1.82, 2.24) is 25.9 Å². The third-order valence-electron chi connectivity index (χ3n) is 4.19. The number of thiol groups is 1. The van der Waals surface area contributed by atoms with Crippen molar-refractivity contribution in [3.05, 3.63) is 18.2 Å². The number of carbonyl (C=O) groups excluding carboxylic acids is 3. The van der Waals surface area contributed by atoms with Crippen molar-refractivity contribution >= 4 is 36.3 Å². The number of carboxylic acids is 1. The Morgan fingerprint density at radius 3 is 2.27 bits per heavy atom. The lowest BCUT2D eigenvalue weighted by atomic mass is 10.1. The van der Waals surface area contributed by atoms with Crippen LogP contribution in [0.5, 0.6) is 0 Å². The quantitative estimate of drug-likeness (QED) is 0.114. The molecule has 3 atom stereocenters. The van der Waals surface area contributed by atoms with Crippen molar-refractivity contribution in [3.63, 3.8) is 0 Å². The minimum atomic E-state index is -1.18. The van der Waals surface area contributed by atoms with Gasteiger partial charge in [0.15, 0.2) is 0 Å². The van der Waals surface area contributed by atoms with E-state index in [1.54, 1.807) is 0 Å². The smallest absolute Gasteiger partial charge is 0.326 e. The molecule has 168 valence electrons. The van der Waals surface area contributed by atoms with Gasteiger partial charge in [-0.3, -0.25) is 14.4 Å². The molecule has 9 N–H and O–H groups in total. The van der Waals surface area contributed by atoms with E-state index in [-0.39, 0.29) is 25.1 Å². The van der Waals surface area contributed by atoms with Gasteiger partial charge in [-0.25, -0.2) is 9.78 Å². The minimum absolute atomic E-state index is 0.0751. The summed E-state index contributed by atoms with van der Waals surface area (Å²) < 4.78 is 0. The van der Waals surface area contributed by atoms with Gasteiger partial charge >= 0.3 is 5.97 Å². The van der Waals surface area contributed by atoms with Crippen LogP contribution < -0.4 is 27.4 Å². The maximum Gasteiger partial charge on any atom is 0.326 e. The third kappa shape index (κ3) is 8.80. The normalized spacial score (nSPS) is 13.7. The number of aromatic nitrogens is 2. The molecule has 0 radical (unpaired) electrons. The van der Waals surface area contributed by atoms with Crippen LogP contribution in [0.3, 0.4) is 0 Å². The van der Waals surface area contributed by atoms with E-state index in [2.05, 4.69) is 38.5 Å². The Hall–Kier alpha value is -2.64. The minimum Gasteiger partial charge on any atom is -0.480 e. The van der Waals surface area contributed by atoms with E-state index in [0.717, 1.165) is 0 Å². The first-order valence-electron chi connectivity index (χ1n) is 9.43. The van der Waals surface area contributed by atoms with Gasteiger partial charge in [0.25, 0.3) is 0 Å². The Kier molecular flexibility index (Phi) is 11.5. The highest BCUT2D eigenvalue weighted by Crippen LogP contribution is 2.04. The molecule has 0 saturated heterocycles. The monoisotopic (exact) mass is 443 g/mol. The number of aromatic amines is 1. The van der Waals surface area contributed by atoms with Crippen LogP contribution in [-0.2, 0) is 25.6 Å². The molecule has 3 unspecified atom stereocenters. The first kappa shape index (κ1) is 25.4. The number of unbranched alkanes of at least 4 members (excludes halogenated alkanes) is 1. The van der Waals surface area contributed by atoms with Crippen LogP contribution in [-0.4, -0.2) is 75.7 Å². The predicted octanol–water partition coefficient (Wildman–Crippen LogP) is -2.49. The number of nitrogens with two attached hydrogens (primary N) is 2. The number of amides is 3. The second-order valence-corrected chi connectivity index (χ2v) is 6.90. The van der Waals surface area contributed by atoms with Gasteiger partial charge in [-0.15, -0.1) is 0 Å². The first-order chi connectivity index (χ1) is 14.3. The molecule has 0 spiro atoms. The average molecular weight is 444 g/mol. The third-order valence-corrected chi connectivity index (χ3v) is 4.56. The molecule has 0 aliphatic carbocycles. The molecule has 1 heterocycles. The van der Waals surface area contributed by atoms with Gasteiger partial charge in [0.2, 0.25) is 17.7 Å². The molecule has 3 amide bonds. The van der Waals surface area contributed by atoms with E-state index in [4.69, 9.17) is 11.5 Å². The molecule has 13 heteroatoms.